The summed E-state index contributed by atoms with van der Waals surface area (Å²) in [5, 5.41) is 3.34. The second kappa shape index (κ2) is 5.42. The number of alkyl halides is 1. The third-order valence-electron chi connectivity index (χ3n) is 3.90. The van der Waals surface area contributed by atoms with Crippen LogP contribution in [0.4, 0.5) is 4.39 Å². The number of fused-ring (bicyclic) bond motifs is 2. The van der Waals surface area contributed by atoms with Crippen LogP contribution in [-0.2, 0) is 13.2 Å². The van der Waals surface area contributed by atoms with Gasteiger partial charge in [0.2, 0.25) is 0 Å². The fourth-order valence-electron chi connectivity index (χ4n) is 2.80. The van der Waals surface area contributed by atoms with Crippen molar-refractivity contribution < 1.29 is 9.13 Å². The Kier molecular flexibility index (Phi) is 3.27. The molecule has 2 N–H and O–H groups in total. The summed E-state index contributed by atoms with van der Waals surface area (Å²) in [7, 11) is 0. The zero-order valence-electron chi connectivity index (χ0n) is 12.0. The lowest BCUT2D eigenvalue weighted by Crippen LogP contribution is -2.16. The standard InChI is InChI=1S/C17H16FN3O/c18-9-17-20-14-3-1-12(8-15(14)21-17)11-2-4-16-13(7-11)10-19-5-6-22-16/h1-4,7-8,19H,5-6,9-10H2,(H,20,21). The highest BCUT2D eigenvalue weighted by Crippen LogP contribution is 2.29. The van der Waals surface area contributed by atoms with Crippen molar-refractivity contribution in [2.75, 3.05) is 13.2 Å². The van der Waals surface area contributed by atoms with E-state index in [1.54, 1.807) is 0 Å². The van der Waals surface area contributed by atoms with Crippen LogP contribution in [0.1, 0.15) is 11.4 Å². The van der Waals surface area contributed by atoms with E-state index < -0.39 is 6.67 Å². The highest BCUT2D eigenvalue weighted by Gasteiger charge is 2.11. The summed E-state index contributed by atoms with van der Waals surface area (Å²) in [6.07, 6.45) is 0. The van der Waals surface area contributed by atoms with E-state index in [1.807, 2.05) is 24.3 Å². The number of hydrogen-bond donors (Lipinski definition) is 2. The largest absolute Gasteiger partial charge is 0.492 e. The minimum absolute atomic E-state index is 0.367. The smallest absolute Gasteiger partial charge is 0.147 e. The number of aromatic nitrogens is 2. The van der Waals surface area contributed by atoms with E-state index in [2.05, 4.69) is 27.4 Å². The Hall–Kier alpha value is -2.40. The summed E-state index contributed by atoms with van der Waals surface area (Å²) in [5.41, 5.74) is 4.99. The van der Waals surface area contributed by atoms with Gasteiger partial charge >= 0.3 is 0 Å². The number of H-pyrrole nitrogens is 1. The number of halogens is 1. The summed E-state index contributed by atoms with van der Waals surface area (Å²) in [4.78, 5) is 7.19. The zero-order chi connectivity index (χ0) is 14.9. The van der Waals surface area contributed by atoms with Crippen LogP contribution in [0, 0.1) is 0 Å². The van der Waals surface area contributed by atoms with Crippen molar-refractivity contribution in [3.05, 3.63) is 47.8 Å². The lowest BCUT2D eigenvalue weighted by Gasteiger charge is -2.09. The molecule has 0 atom stereocenters. The van der Waals surface area contributed by atoms with Gasteiger partial charge in [-0.2, -0.15) is 0 Å². The van der Waals surface area contributed by atoms with E-state index in [9.17, 15) is 4.39 Å². The molecule has 2 aromatic carbocycles. The van der Waals surface area contributed by atoms with E-state index in [0.717, 1.165) is 46.6 Å². The second-order valence-corrected chi connectivity index (χ2v) is 5.40. The van der Waals surface area contributed by atoms with Crippen molar-refractivity contribution in [2.45, 2.75) is 13.2 Å². The maximum absolute atomic E-state index is 12.7. The number of nitrogens with one attached hydrogen (secondary N) is 2. The molecule has 5 heteroatoms. The van der Waals surface area contributed by atoms with E-state index in [1.165, 1.54) is 0 Å². The van der Waals surface area contributed by atoms with Gasteiger partial charge in [-0.1, -0.05) is 12.1 Å². The molecule has 3 aromatic rings. The Morgan fingerprint density at radius 2 is 2.00 bits per heavy atom. The molecule has 0 amide bonds. The van der Waals surface area contributed by atoms with Gasteiger partial charge in [0.05, 0.1) is 11.0 Å². The molecule has 0 radical (unpaired) electrons. The summed E-state index contributed by atoms with van der Waals surface area (Å²) in [6.45, 7) is 1.78. The molecular formula is C17H16FN3O. The highest BCUT2D eigenvalue weighted by atomic mass is 19.1. The maximum atomic E-state index is 12.7. The predicted octanol–water partition coefficient (Wildman–Crippen LogP) is 3.18. The third kappa shape index (κ3) is 2.33. The molecule has 2 heterocycles. The van der Waals surface area contributed by atoms with Crippen LogP contribution in [0.2, 0.25) is 0 Å². The molecule has 22 heavy (non-hydrogen) atoms. The average molecular weight is 297 g/mol. The summed E-state index contributed by atoms with van der Waals surface area (Å²) in [6, 6.07) is 12.1. The Labute approximate surface area is 127 Å². The molecule has 0 bridgehead atoms. The molecule has 0 saturated carbocycles. The van der Waals surface area contributed by atoms with Gasteiger partial charge in [0.15, 0.2) is 0 Å². The SMILES string of the molecule is FCc1nc2ccc(-c3ccc4c(c3)CNCCO4)cc2[nH]1. The lowest BCUT2D eigenvalue weighted by molar-refractivity contribution is 0.326. The van der Waals surface area contributed by atoms with Gasteiger partial charge in [-0.05, 0) is 35.4 Å². The van der Waals surface area contributed by atoms with Crippen molar-refractivity contribution in [1.29, 1.82) is 0 Å². The van der Waals surface area contributed by atoms with Crippen LogP contribution in [0.15, 0.2) is 36.4 Å². The zero-order valence-corrected chi connectivity index (χ0v) is 12.0. The Morgan fingerprint density at radius 3 is 2.91 bits per heavy atom. The van der Waals surface area contributed by atoms with Crippen LogP contribution < -0.4 is 10.1 Å². The van der Waals surface area contributed by atoms with E-state index in [4.69, 9.17) is 4.74 Å². The van der Waals surface area contributed by atoms with Crippen LogP contribution in [0.3, 0.4) is 0 Å². The van der Waals surface area contributed by atoms with Gasteiger partial charge in [0.1, 0.15) is 24.9 Å². The highest BCUT2D eigenvalue weighted by molar-refractivity contribution is 5.82. The van der Waals surface area contributed by atoms with Crippen LogP contribution in [-0.4, -0.2) is 23.1 Å². The lowest BCUT2D eigenvalue weighted by atomic mass is 10.0. The number of imidazole rings is 1. The molecule has 4 nitrogen and oxygen atoms in total. The van der Waals surface area contributed by atoms with E-state index in [0.29, 0.717) is 12.4 Å². The van der Waals surface area contributed by atoms with Gasteiger partial charge < -0.3 is 15.0 Å². The Morgan fingerprint density at radius 1 is 1.14 bits per heavy atom. The number of hydrogen-bond acceptors (Lipinski definition) is 3. The van der Waals surface area contributed by atoms with Crippen LogP contribution in [0.25, 0.3) is 22.2 Å². The number of benzene rings is 2. The molecule has 1 aliphatic rings. The number of rotatable bonds is 2. The quantitative estimate of drug-likeness (QED) is 0.764. The first-order valence-electron chi connectivity index (χ1n) is 7.35. The topological polar surface area (TPSA) is 49.9 Å². The first-order valence-corrected chi connectivity index (χ1v) is 7.35. The molecule has 4 rings (SSSR count). The van der Waals surface area contributed by atoms with Gasteiger partial charge in [-0.3, -0.25) is 0 Å². The van der Waals surface area contributed by atoms with E-state index in [-0.39, 0.29) is 0 Å². The number of ether oxygens (including phenoxy) is 1. The van der Waals surface area contributed by atoms with Crippen molar-refractivity contribution in [3.63, 3.8) is 0 Å². The molecule has 0 saturated heterocycles. The average Bonchev–Trinajstić information content (AvgIpc) is 2.83. The predicted molar refractivity (Wildman–Crippen MR) is 83.5 cm³/mol. The van der Waals surface area contributed by atoms with Crippen molar-refractivity contribution in [2.24, 2.45) is 0 Å². The van der Waals surface area contributed by atoms with Crippen molar-refractivity contribution >= 4 is 11.0 Å². The number of nitrogens with zero attached hydrogens (tertiary/aromatic N) is 1. The maximum Gasteiger partial charge on any atom is 0.147 e. The number of aromatic amines is 1. The molecule has 0 fully saturated rings. The molecule has 0 aliphatic carbocycles. The Balaban J connectivity index is 1.76. The molecule has 1 aliphatic heterocycles. The van der Waals surface area contributed by atoms with Crippen LogP contribution >= 0.6 is 0 Å². The molecule has 112 valence electrons. The van der Waals surface area contributed by atoms with Crippen molar-refractivity contribution in [3.8, 4) is 16.9 Å². The van der Waals surface area contributed by atoms with E-state index >= 15 is 0 Å². The van der Waals surface area contributed by atoms with Gasteiger partial charge in [-0.25, -0.2) is 9.37 Å². The fraction of sp³-hybridized carbons (Fsp3) is 0.235. The molecular weight excluding hydrogens is 281 g/mol. The third-order valence-corrected chi connectivity index (χ3v) is 3.90. The van der Waals surface area contributed by atoms with Gasteiger partial charge in [0.25, 0.3) is 0 Å². The van der Waals surface area contributed by atoms with Crippen molar-refractivity contribution in [1.82, 2.24) is 15.3 Å². The second-order valence-electron chi connectivity index (χ2n) is 5.40. The van der Waals surface area contributed by atoms with Gasteiger partial charge in [0, 0.05) is 18.7 Å². The molecule has 0 unspecified atom stereocenters. The normalized spacial score (nSPS) is 14.4. The molecule has 0 spiro atoms. The first-order chi connectivity index (χ1) is 10.8. The monoisotopic (exact) mass is 297 g/mol. The van der Waals surface area contributed by atoms with Crippen LogP contribution in [0.5, 0.6) is 5.75 Å². The summed E-state index contributed by atoms with van der Waals surface area (Å²) in [5.74, 6) is 1.31. The van der Waals surface area contributed by atoms with Gasteiger partial charge in [-0.15, -0.1) is 0 Å². The summed E-state index contributed by atoms with van der Waals surface area (Å²) < 4.78 is 18.4. The minimum atomic E-state index is -0.578. The summed E-state index contributed by atoms with van der Waals surface area (Å²) >= 11 is 0. The fourth-order valence-corrected chi connectivity index (χ4v) is 2.80. The Bertz CT molecular complexity index is 828. The molecule has 1 aromatic heterocycles. The first kappa shape index (κ1) is 13.3. The minimum Gasteiger partial charge on any atom is -0.492 e.